The van der Waals surface area contributed by atoms with Crippen LogP contribution < -0.4 is 10.6 Å². The summed E-state index contributed by atoms with van der Waals surface area (Å²) < 4.78 is 0. The largest absolute Gasteiger partial charge is 0.358 e. The third-order valence-corrected chi connectivity index (χ3v) is 5.07. The normalized spacial score (nSPS) is 11.4. The van der Waals surface area contributed by atoms with E-state index >= 15 is 0 Å². The molecular formula is C23H28IN7. The van der Waals surface area contributed by atoms with Gasteiger partial charge in [-0.3, -0.25) is 5.10 Å². The molecule has 0 spiro atoms. The number of guanidine groups is 1. The number of para-hydroxylation sites is 1. The van der Waals surface area contributed by atoms with Crippen LogP contribution in [0, 0.1) is 6.92 Å². The number of H-pyrrole nitrogens is 2. The van der Waals surface area contributed by atoms with E-state index in [1.807, 2.05) is 12.1 Å². The van der Waals surface area contributed by atoms with Crippen LogP contribution in [0.5, 0.6) is 0 Å². The van der Waals surface area contributed by atoms with E-state index in [-0.39, 0.29) is 24.0 Å². The van der Waals surface area contributed by atoms with Crippen LogP contribution in [0.4, 0.5) is 0 Å². The van der Waals surface area contributed by atoms with Crippen LogP contribution in [0.2, 0.25) is 0 Å². The third kappa shape index (κ3) is 5.63. The van der Waals surface area contributed by atoms with Crippen LogP contribution in [0.1, 0.15) is 23.7 Å². The van der Waals surface area contributed by atoms with Gasteiger partial charge >= 0.3 is 0 Å². The highest BCUT2D eigenvalue weighted by Crippen LogP contribution is 2.22. The molecule has 4 N–H and O–H groups in total. The summed E-state index contributed by atoms with van der Waals surface area (Å²) in [6, 6.07) is 16.6. The molecule has 0 radical (unpaired) electrons. The average molecular weight is 529 g/mol. The predicted octanol–water partition coefficient (Wildman–Crippen LogP) is 4.18. The van der Waals surface area contributed by atoms with Gasteiger partial charge in [0.15, 0.2) is 11.8 Å². The second kappa shape index (κ2) is 10.9. The van der Waals surface area contributed by atoms with E-state index in [2.05, 4.69) is 81.0 Å². The van der Waals surface area contributed by atoms with Crippen molar-refractivity contribution >= 4 is 40.8 Å². The number of benzene rings is 2. The Morgan fingerprint density at radius 1 is 1.10 bits per heavy atom. The van der Waals surface area contributed by atoms with E-state index in [0.717, 1.165) is 42.4 Å². The molecule has 0 unspecified atom stereocenters. The fourth-order valence-electron chi connectivity index (χ4n) is 3.64. The van der Waals surface area contributed by atoms with Gasteiger partial charge in [0, 0.05) is 35.2 Å². The van der Waals surface area contributed by atoms with Gasteiger partial charge in [-0.05, 0) is 43.5 Å². The van der Waals surface area contributed by atoms with E-state index in [1.165, 1.54) is 28.5 Å². The first-order chi connectivity index (χ1) is 14.7. The van der Waals surface area contributed by atoms with Gasteiger partial charge in [0.2, 0.25) is 0 Å². The highest BCUT2D eigenvalue weighted by molar-refractivity contribution is 14.0. The van der Waals surface area contributed by atoms with Crippen molar-refractivity contribution in [2.24, 2.45) is 4.99 Å². The number of fused-ring (bicyclic) bond motifs is 1. The number of halogens is 1. The number of aryl methyl sites for hydroxylation is 1. The van der Waals surface area contributed by atoms with Crippen molar-refractivity contribution in [3.63, 3.8) is 0 Å². The summed E-state index contributed by atoms with van der Waals surface area (Å²) in [4.78, 5) is 12.4. The molecule has 0 atom stereocenters. The summed E-state index contributed by atoms with van der Waals surface area (Å²) in [6.07, 6.45) is 2.45. The van der Waals surface area contributed by atoms with Gasteiger partial charge in [-0.15, -0.1) is 24.0 Å². The lowest BCUT2D eigenvalue weighted by Gasteiger charge is -2.12. The summed E-state index contributed by atoms with van der Waals surface area (Å²) in [6.45, 7) is 6.42. The molecule has 31 heavy (non-hydrogen) atoms. The van der Waals surface area contributed by atoms with E-state index < -0.39 is 0 Å². The van der Waals surface area contributed by atoms with Crippen molar-refractivity contribution in [2.75, 3.05) is 13.1 Å². The molecule has 162 valence electrons. The fraction of sp³-hybridized carbons (Fsp3) is 0.261. The minimum Gasteiger partial charge on any atom is -0.358 e. The molecule has 2 aromatic heterocycles. The molecule has 0 amide bonds. The summed E-state index contributed by atoms with van der Waals surface area (Å²) in [5.74, 6) is 1.58. The molecule has 0 aliphatic heterocycles. The Morgan fingerprint density at radius 2 is 1.97 bits per heavy atom. The minimum atomic E-state index is 0. The Balaban J connectivity index is 0.00000272. The highest BCUT2D eigenvalue weighted by atomic mass is 127. The van der Waals surface area contributed by atoms with Crippen molar-refractivity contribution in [2.45, 2.75) is 26.8 Å². The molecule has 2 heterocycles. The number of aromatic amines is 2. The first kappa shape index (κ1) is 22.8. The quantitative estimate of drug-likeness (QED) is 0.164. The van der Waals surface area contributed by atoms with E-state index in [1.54, 1.807) is 0 Å². The Hall–Kier alpha value is -2.88. The molecular weight excluding hydrogens is 501 g/mol. The Labute approximate surface area is 199 Å². The number of nitrogens with one attached hydrogen (secondary N) is 4. The molecule has 0 aliphatic rings. The zero-order valence-electron chi connectivity index (χ0n) is 17.8. The van der Waals surface area contributed by atoms with Crippen molar-refractivity contribution in [1.82, 2.24) is 30.8 Å². The van der Waals surface area contributed by atoms with Gasteiger partial charge in [-0.2, -0.15) is 5.10 Å². The van der Waals surface area contributed by atoms with Crippen LogP contribution in [-0.2, 0) is 13.0 Å². The minimum absolute atomic E-state index is 0. The summed E-state index contributed by atoms with van der Waals surface area (Å²) in [5, 5.41) is 14.9. The van der Waals surface area contributed by atoms with Gasteiger partial charge in [-0.25, -0.2) is 9.98 Å². The molecule has 0 fully saturated rings. The fourth-order valence-corrected chi connectivity index (χ4v) is 3.64. The first-order valence-corrected chi connectivity index (χ1v) is 10.3. The maximum atomic E-state index is 4.75. The Kier molecular flexibility index (Phi) is 8.05. The van der Waals surface area contributed by atoms with E-state index in [4.69, 9.17) is 4.99 Å². The van der Waals surface area contributed by atoms with Crippen LogP contribution in [0.25, 0.3) is 22.3 Å². The summed E-state index contributed by atoms with van der Waals surface area (Å²) >= 11 is 0. The molecule has 2 aromatic carbocycles. The highest BCUT2D eigenvalue weighted by Gasteiger charge is 2.08. The molecule has 4 aromatic rings. The van der Waals surface area contributed by atoms with Crippen molar-refractivity contribution in [3.8, 4) is 11.4 Å². The van der Waals surface area contributed by atoms with Gasteiger partial charge in [0.1, 0.15) is 6.33 Å². The van der Waals surface area contributed by atoms with Crippen molar-refractivity contribution in [1.29, 1.82) is 0 Å². The predicted molar refractivity (Wildman–Crippen MR) is 137 cm³/mol. The monoisotopic (exact) mass is 529 g/mol. The molecule has 0 saturated heterocycles. The summed E-state index contributed by atoms with van der Waals surface area (Å²) in [5.41, 5.74) is 5.90. The zero-order chi connectivity index (χ0) is 20.8. The molecule has 4 rings (SSSR count). The van der Waals surface area contributed by atoms with E-state index in [0.29, 0.717) is 6.54 Å². The first-order valence-electron chi connectivity index (χ1n) is 10.3. The molecule has 8 heteroatoms. The SMILES string of the molecule is CCNC(=NCc1cccc(-c2ncn[nH]2)c1)NCCc1c(C)[nH]c2ccccc12.I. The van der Waals surface area contributed by atoms with Crippen molar-refractivity contribution in [3.05, 3.63) is 71.7 Å². The lowest BCUT2D eigenvalue weighted by molar-refractivity contribution is 0.799. The second-order valence-electron chi connectivity index (χ2n) is 7.18. The topological polar surface area (TPSA) is 93.8 Å². The smallest absolute Gasteiger partial charge is 0.191 e. The lowest BCUT2D eigenvalue weighted by Crippen LogP contribution is -2.38. The van der Waals surface area contributed by atoms with Gasteiger partial charge in [0.05, 0.1) is 6.54 Å². The van der Waals surface area contributed by atoms with Crippen molar-refractivity contribution < 1.29 is 0 Å². The van der Waals surface area contributed by atoms with Gasteiger partial charge < -0.3 is 15.6 Å². The average Bonchev–Trinajstić information content (AvgIpc) is 3.41. The Bertz CT molecular complexity index is 1130. The lowest BCUT2D eigenvalue weighted by atomic mass is 10.1. The third-order valence-electron chi connectivity index (χ3n) is 5.07. The van der Waals surface area contributed by atoms with Crippen LogP contribution in [0.15, 0.2) is 59.9 Å². The summed E-state index contributed by atoms with van der Waals surface area (Å²) in [7, 11) is 0. The molecule has 0 aliphatic carbocycles. The molecule has 0 bridgehead atoms. The molecule has 7 nitrogen and oxygen atoms in total. The number of aromatic nitrogens is 4. The standard InChI is InChI=1S/C23H27N7.HI/c1-3-24-23(25-12-11-19-16(2)29-21-10-5-4-9-20(19)21)26-14-17-7-6-8-18(13-17)22-27-15-28-30-22;/h4-10,13,15,29H,3,11-12,14H2,1-2H3,(H2,24,25,26)(H,27,28,30);1H. The number of rotatable bonds is 7. The van der Waals surface area contributed by atoms with Gasteiger partial charge in [0.25, 0.3) is 0 Å². The van der Waals surface area contributed by atoms with Crippen LogP contribution in [-0.4, -0.2) is 39.2 Å². The number of hydrogen-bond acceptors (Lipinski definition) is 3. The zero-order valence-corrected chi connectivity index (χ0v) is 20.1. The second-order valence-corrected chi connectivity index (χ2v) is 7.18. The number of hydrogen-bond donors (Lipinski definition) is 4. The van der Waals surface area contributed by atoms with Crippen LogP contribution in [0.3, 0.4) is 0 Å². The number of aliphatic imine (C=N–C) groups is 1. The molecule has 0 saturated carbocycles. The van der Waals surface area contributed by atoms with Gasteiger partial charge in [-0.1, -0.05) is 36.4 Å². The maximum absolute atomic E-state index is 4.75. The van der Waals surface area contributed by atoms with E-state index in [9.17, 15) is 0 Å². The number of nitrogens with zero attached hydrogens (tertiary/aromatic N) is 3. The Morgan fingerprint density at radius 3 is 2.77 bits per heavy atom. The maximum Gasteiger partial charge on any atom is 0.191 e. The van der Waals surface area contributed by atoms with Crippen LogP contribution >= 0.6 is 24.0 Å².